The van der Waals surface area contributed by atoms with Crippen molar-refractivity contribution in [3.63, 3.8) is 0 Å². The monoisotopic (exact) mass is 286 g/mol. The summed E-state index contributed by atoms with van der Waals surface area (Å²) in [4.78, 5) is 12.2. The third-order valence-electron chi connectivity index (χ3n) is 3.57. The van der Waals surface area contributed by atoms with E-state index in [1.807, 2.05) is 38.1 Å². The van der Waals surface area contributed by atoms with E-state index in [0.29, 0.717) is 5.56 Å². The Morgan fingerprint density at radius 1 is 1.19 bits per heavy atom. The molecule has 21 heavy (non-hydrogen) atoms. The molecular weight excluding hydrogens is 267 g/mol. The molecule has 2 aromatic rings. The highest BCUT2D eigenvalue weighted by Gasteiger charge is 2.14. The van der Waals surface area contributed by atoms with E-state index in [-0.39, 0.29) is 23.2 Å². The number of carbonyl (C=O) groups excluding carboxylic acids is 1. The van der Waals surface area contributed by atoms with Gasteiger partial charge < -0.3 is 11.1 Å². The predicted molar refractivity (Wildman–Crippen MR) is 82.6 cm³/mol. The number of hydrogen-bond acceptors (Lipinski definition) is 2. The summed E-state index contributed by atoms with van der Waals surface area (Å²) < 4.78 is 13.6. The lowest BCUT2D eigenvalue weighted by molar-refractivity contribution is 0.0939. The Kier molecular flexibility index (Phi) is 4.26. The number of aryl methyl sites for hydroxylation is 1. The molecule has 1 amide bonds. The zero-order valence-electron chi connectivity index (χ0n) is 12.4. The molecule has 2 rings (SSSR count). The van der Waals surface area contributed by atoms with Crippen molar-refractivity contribution in [2.75, 3.05) is 5.73 Å². The number of carbonyl (C=O) groups is 1. The van der Waals surface area contributed by atoms with Crippen LogP contribution in [0.15, 0.2) is 36.4 Å². The van der Waals surface area contributed by atoms with Crippen LogP contribution in [0, 0.1) is 19.7 Å². The first-order valence-corrected chi connectivity index (χ1v) is 6.81. The molecule has 0 spiro atoms. The van der Waals surface area contributed by atoms with Gasteiger partial charge in [0.25, 0.3) is 5.91 Å². The average Bonchev–Trinajstić information content (AvgIpc) is 2.44. The molecule has 2 aromatic carbocycles. The molecule has 110 valence electrons. The molecular formula is C17H19FN2O. The van der Waals surface area contributed by atoms with Crippen LogP contribution in [0.4, 0.5) is 10.1 Å². The van der Waals surface area contributed by atoms with Crippen LogP contribution in [-0.4, -0.2) is 5.91 Å². The minimum atomic E-state index is -0.469. The van der Waals surface area contributed by atoms with E-state index in [0.717, 1.165) is 11.1 Å². The normalized spacial score (nSPS) is 12.0. The van der Waals surface area contributed by atoms with Crippen LogP contribution in [0.3, 0.4) is 0 Å². The van der Waals surface area contributed by atoms with E-state index in [9.17, 15) is 9.18 Å². The van der Waals surface area contributed by atoms with Gasteiger partial charge in [0.1, 0.15) is 5.82 Å². The third-order valence-corrected chi connectivity index (χ3v) is 3.57. The van der Waals surface area contributed by atoms with Crippen molar-refractivity contribution < 1.29 is 9.18 Å². The lowest BCUT2D eigenvalue weighted by Gasteiger charge is -2.15. The van der Waals surface area contributed by atoms with Gasteiger partial charge in [-0.15, -0.1) is 0 Å². The second-order valence-corrected chi connectivity index (χ2v) is 5.28. The Morgan fingerprint density at radius 3 is 2.38 bits per heavy atom. The van der Waals surface area contributed by atoms with Gasteiger partial charge in [-0.3, -0.25) is 4.79 Å². The Labute approximate surface area is 124 Å². The maximum Gasteiger partial charge on any atom is 0.251 e. The number of benzene rings is 2. The van der Waals surface area contributed by atoms with Gasteiger partial charge in [0.05, 0.1) is 6.04 Å². The van der Waals surface area contributed by atoms with Crippen LogP contribution < -0.4 is 11.1 Å². The smallest absolute Gasteiger partial charge is 0.251 e. The Balaban J connectivity index is 2.16. The molecule has 0 radical (unpaired) electrons. The SMILES string of the molecule is Cc1ccc(C(C)NC(=O)c2cc(N)c(C)c(F)c2)cc1. The lowest BCUT2D eigenvalue weighted by atomic mass is 10.1. The van der Waals surface area contributed by atoms with Crippen molar-refractivity contribution in [2.45, 2.75) is 26.8 Å². The minimum Gasteiger partial charge on any atom is -0.398 e. The molecule has 4 heteroatoms. The number of rotatable bonds is 3. The number of nitrogen functional groups attached to an aromatic ring is 1. The maximum absolute atomic E-state index is 13.6. The predicted octanol–water partition coefficient (Wildman–Crippen LogP) is 3.52. The summed E-state index contributed by atoms with van der Waals surface area (Å²) in [5.41, 5.74) is 8.72. The fourth-order valence-corrected chi connectivity index (χ4v) is 2.05. The summed E-state index contributed by atoms with van der Waals surface area (Å²) in [7, 11) is 0. The molecule has 3 N–H and O–H groups in total. The molecule has 1 atom stereocenters. The number of halogens is 1. The first kappa shape index (κ1) is 15.0. The van der Waals surface area contributed by atoms with Gasteiger partial charge in [0, 0.05) is 16.8 Å². The highest BCUT2D eigenvalue weighted by Crippen LogP contribution is 2.19. The van der Waals surface area contributed by atoms with Gasteiger partial charge in [0.15, 0.2) is 0 Å². The van der Waals surface area contributed by atoms with Gasteiger partial charge in [-0.2, -0.15) is 0 Å². The summed E-state index contributed by atoms with van der Waals surface area (Å²) in [6.45, 7) is 5.47. The maximum atomic E-state index is 13.6. The third kappa shape index (κ3) is 3.40. The second kappa shape index (κ2) is 5.95. The second-order valence-electron chi connectivity index (χ2n) is 5.28. The summed E-state index contributed by atoms with van der Waals surface area (Å²) in [6, 6.07) is 10.4. The van der Waals surface area contributed by atoms with Crippen molar-refractivity contribution in [3.05, 3.63) is 64.5 Å². The van der Waals surface area contributed by atoms with Crippen molar-refractivity contribution in [3.8, 4) is 0 Å². The van der Waals surface area contributed by atoms with Crippen molar-refractivity contribution in [1.82, 2.24) is 5.32 Å². The Morgan fingerprint density at radius 2 is 1.81 bits per heavy atom. The van der Waals surface area contributed by atoms with Crippen molar-refractivity contribution in [1.29, 1.82) is 0 Å². The van der Waals surface area contributed by atoms with Gasteiger partial charge in [0.2, 0.25) is 0 Å². The summed E-state index contributed by atoms with van der Waals surface area (Å²) in [6.07, 6.45) is 0. The topological polar surface area (TPSA) is 55.1 Å². The fourth-order valence-electron chi connectivity index (χ4n) is 2.05. The first-order chi connectivity index (χ1) is 9.88. The van der Waals surface area contributed by atoms with E-state index < -0.39 is 5.82 Å². The Bertz CT molecular complexity index is 642. The molecule has 0 saturated heterocycles. The van der Waals surface area contributed by atoms with Crippen LogP contribution in [0.1, 0.15) is 40.0 Å². The van der Waals surface area contributed by atoms with E-state index in [4.69, 9.17) is 5.73 Å². The molecule has 0 saturated carbocycles. The first-order valence-electron chi connectivity index (χ1n) is 6.81. The van der Waals surface area contributed by atoms with Crippen LogP contribution >= 0.6 is 0 Å². The van der Waals surface area contributed by atoms with Crippen LogP contribution in [0.25, 0.3) is 0 Å². The molecule has 0 fully saturated rings. The minimum absolute atomic E-state index is 0.163. The van der Waals surface area contributed by atoms with Gasteiger partial charge >= 0.3 is 0 Å². The zero-order chi connectivity index (χ0) is 15.6. The largest absolute Gasteiger partial charge is 0.398 e. The number of amides is 1. The van der Waals surface area contributed by atoms with Crippen LogP contribution in [0.2, 0.25) is 0 Å². The molecule has 0 aromatic heterocycles. The van der Waals surface area contributed by atoms with E-state index >= 15 is 0 Å². The molecule has 0 heterocycles. The number of anilines is 1. The highest BCUT2D eigenvalue weighted by atomic mass is 19.1. The summed E-state index contributed by atoms with van der Waals surface area (Å²) in [5, 5.41) is 2.84. The van der Waals surface area contributed by atoms with Gasteiger partial charge in [-0.25, -0.2) is 4.39 Å². The molecule has 3 nitrogen and oxygen atoms in total. The van der Waals surface area contributed by atoms with Crippen LogP contribution in [0.5, 0.6) is 0 Å². The number of nitrogens with two attached hydrogens (primary N) is 1. The standard InChI is InChI=1S/C17H19FN2O/c1-10-4-6-13(7-5-10)12(3)20-17(21)14-8-15(18)11(2)16(19)9-14/h4-9,12H,19H2,1-3H3,(H,20,21). The fraction of sp³-hybridized carbons (Fsp3) is 0.235. The number of hydrogen-bond donors (Lipinski definition) is 2. The van der Waals surface area contributed by atoms with Crippen LogP contribution in [-0.2, 0) is 0 Å². The lowest BCUT2D eigenvalue weighted by Crippen LogP contribution is -2.27. The molecule has 0 aliphatic rings. The Hall–Kier alpha value is -2.36. The average molecular weight is 286 g/mol. The van der Waals surface area contributed by atoms with Crippen molar-refractivity contribution in [2.24, 2.45) is 0 Å². The molecule has 1 unspecified atom stereocenters. The van der Waals surface area contributed by atoms with E-state index in [1.54, 1.807) is 6.92 Å². The molecule has 0 aliphatic heterocycles. The molecule has 0 bridgehead atoms. The molecule has 0 aliphatic carbocycles. The van der Waals surface area contributed by atoms with Crippen molar-refractivity contribution >= 4 is 11.6 Å². The quantitative estimate of drug-likeness (QED) is 0.848. The van der Waals surface area contributed by atoms with Gasteiger partial charge in [-0.1, -0.05) is 29.8 Å². The summed E-state index contributed by atoms with van der Waals surface area (Å²) >= 11 is 0. The highest BCUT2D eigenvalue weighted by molar-refractivity contribution is 5.95. The number of nitrogens with one attached hydrogen (secondary N) is 1. The van der Waals surface area contributed by atoms with Gasteiger partial charge in [-0.05, 0) is 38.5 Å². The van der Waals surface area contributed by atoms with E-state index in [2.05, 4.69) is 5.32 Å². The zero-order valence-corrected chi connectivity index (χ0v) is 12.4. The van der Waals surface area contributed by atoms with E-state index in [1.165, 1.54) is 12.1 Å². The summed E-state index contributed by atoms with van der Waals surface area (Å²) in [5.74, 6) is -0.809.